The molecule has 0 aliphatic carbocycles. The van der Waals surface area contributed by atoms with Gasteiger partial charge in [0, 0.05) is 17.1 Å². The molecule has 3 rings (SSSR count). The second-order valence-corrected chi connectivity index (χ2v) is 6.63. The Bertz CT molecular complexity index is 923. The number of benzene rings is 1. The van der Waals surface area contributed by atoms with Crippen LogP contribution in [0, 0.1) is 15.9 Å². The first-order valence-corrected chi connectivity index (χ1v) is 8.78. The van der Waals surface area contributed by atoms with Gasteiger partial charge in [-0.05, 0) is 36.1 Å². The van der Waals surface area contributed by atoms with E-state index in [-0.39, 0.29) is 22.3 Å². The summed E-state index contributed by atoms with van der Waals surface area (Å²) in [6.07, 6.45) is 1.93. The molecule has 3 aromatic rings. The highest BCUT2D eigenvalue weighted by Crippen LogP contribution is 2.32. The molecule has 1 aromatic carbocycles. The average molecular weight is 394 g/mol. The third-order valence-corrected chi connectivity index (χ3v) is 4.66. The van der Waals surface area contributed by atoms with Crippen molar-refractivity contribution in [2.24, 2.45) is 0 Å². The SMILES string of the molecule is O=[N+]([O-])c1c(NCCc2cccs2)ncnc1Nc1ccc(F)c(Cl)c1. The first-order chi connectivity index (χ1) is 12.5. The van der Waals surface area contributed by atoms with Crippen LogP contribution in [0.15, 0.2) is 42.0 Å². The van der Waals surface area contributed by atoms with Gasteiger partial charge in [-0.25, -0.2) is 14.4 Å². The fourth-order valence-electron chi connectivity index (χ4n) is 2.24. The molecule has 0 aliphatic rings. The number of anilines is 3. The molecule has 26 heavy (non-hydrogen) atoms. The Kier molecular flexibility index (Phi) is 5.59. The third kappa shape index (κ3) is 4.24. The largest absolute Gasteiger partial charge is 0.364 e. The number of rotatable bonds is 7. The van der Waals surface area contributed by atoms with E-state index in [1.807, 2.05) is 17.5 Å². The minimum atomic E-state index is -0.578. The smallest absolute Gasteiger partial charge is 0.353 e. The van der Waals surface area contributed by atoms with E-state index in [0.717, 1.165) is 17.4 Å². The lowest BCUT2D eigenvalue weighted by atomic mass is 10.3. The summed E-state index contributed by atoms with van der Waals surface area (Å²) in [6.45, 7) is 0.486. The molecular formula is C16H13ClFN5O2S. The van der Waals surface area contributed by atoms with Crippen molar-refractivity contribution in [1.82, 2.24) is 9.97 Å². The van der Waals surface area contributed by atoms with Gasteiger partial charge in [0.2, 0.25) is 11.6 Å². The Labute approximate surface area is 157 Å². The Morgan fingerprint density at radius 2 is 2.08 bits per heavy atom. The Balaban J connectivity index is 1.80. The van der Waals surface area contributed by atoms with Crippen LogP contribution in [-0.2, 0) is 6.42 Å². The van der Waals surface area contributed by atoms with Crippen LogP contribution in [0.5, 0.6) is 0 Å². The van der Waals surface area contributed by atoms with Crippen molar-refractivity contribution in [2.75, 3.05) is 17.2 Å². The zero-order valence-corrected chi connectivity index (χ0v) is 14.9. The molecule has 0 atom stereocenters. The number of hydrogen-bond donors (Lipinski definition) is 2. The van der Waals surface area contributed by atoms with Gasteiger partial charge in [0.05, 0.1) is 9.95 Å². The van der Waals surface area contributed by atoms with Crippen LogP contribution in [-0.4, -0.2) is 21.4 Å². The highest BCUT2D eigenvalue weighted by Gasteiger charge is 2.23. The molecule has 0 unspecified atom stereocenters. The van der Waals surface area contributed by atoms with Gasteiger partial charge in [-0.2, -0.15) is 0 Å². The molecule has 2 aromatic heterocycles. The normalized spacial score (nSPS) is 10.5. The predicted molar refractivity (Wildman–Crippen MR) is 99.9 cm³/mol. The van der Waals surface area contributed by atoms with E-state index in [4.69, 9.17) is 11.6 Å². The molecule has 0 amide bonds. The number of nitrogens with one attached hydrogen (secondary N) is 2. The zero-order chi connectivity index (χ0) is 18.5. The fraction of sp³-hybridized carbons (Fsp3) is 0.125. The first kappa shape index (κ1) is 18.0. The van der Waals surface area contributed by atoms with E-state index in [9.17, 15) is 14.5 Å². The molecule has 0 radical (unpaired) electrons. The van der Waals surface area contributed by atoms with Gasteiger partial charge in [-0.1, -0.05) is 17.7 Å². The molecule has 0 aliphatic heterocycles. The summed E-state index contributed by atoms with van der Waals surface area (Å²) < 4.78 is 13.3. The lowest BCUT2D eigenvalue weighted by Crippen LogP contribution is -2.10. The maximum Gasteiger partial charge on any atom is 0.353 e. The zero-order valence-electron chi connectivity index (χ0n) is 13.3. The van der Waals surface area contributed by atoms with Crippen molar-refractivity contribution in [3.63, 3.8) is 0 Å². The number of thiophene rings is 1. The standard InChI is InChI=1S/C16H13ClFN5O2S/c17-12-8-10(3-4-13(12)18)22-16-14(23(24)25)15(20-9-21-16)19-6-5-11-2-1-7-26-11/h1-4,7-9H,5-6H2,(H2,19,20,21,22). The van der Waals surface area contributed by atoms with Gasteiger partial charge >= 0.3 is 5.69 Å². The van der Waals surface area contributed by atoms with Crippen LogP contribution in [0.1, 0.15) is 4.88 Å². The van der Waals surface area contributed by atoms with Gasteiger partial charge in [0.15, 0.2) is 0 Å². The number of hydrogen-bond acceptors (Lipinski definition) is 7. The summed E-state index contributed by atoms with van der Waals surface area (Å²) in [4.78, 5) is 20.0. The van der Waals surface area contributed by atoms with E-state index in [1.54, 1.807) is 11.3 Å². The summed E-state index contributed by atoms with van der Waals surface area (Å²) >= 11 is 7.35. The molecule has 0 bridgehead atoms. The molecule has 2 heterocycles. The Morgan fingerprint density at radius 3 is 2.77 bits per heavy atom. The van der Waals surface area contributed by atoms with Crippen molar-refractivity contribution in [2.45, 2.75) is 6.42 Å². The average Bonchev–Trinajstić information content (AvgIpc) is 3.11. The maximum atomic E-state index is 13.3. The molecule has 2 N–H and O–H groups in total. The van der Waals surface area contributed by atoms with Crippen molar-refractivity contribution in [3.8, 4) is 0 Å². The molecule has 0 saturated carbocycles. The summed E-state index contributed by atoms with van der Waals surface area (Å²) in [7, 11) is 0. The van der Waals surface area contributed by atoms with Gasteiger partial charge < -0.3 is 10.6 Å². The molecule has 0 fully saturated rings. The van der Waals surface area contributed by atoms with Gasteiger partial charge in [-0.15, -0.1) is 11.3 Å². The quantitative estimate of drug-likeness (QED) is 0.448. The van der Waals surface area contributed by atoms with Crippen molar-refractivity contribution in [1.29, 1.82) is 0 Å². The highest BCUT2D eigenvalue weighted by molar-refractivity contribution is 7.09. The van der Waals surface area contributed by atoms with Crippen molar-refractivity contribution in [3.05, 3.63) is 67.9 Å². The van der Waals surface area contributed by atoms with Crippen LogP contribution in [0.2, 0.25) is 5.02 Å². The fourth-order valence-corrected chi connectivity index (χ4v) is 3.13. The minimum absolute atomic E-state index is 0.00806. The second kappa shape index (κ2) is 8.07. The van der Waals surface area contributed by atoms with Crippen LogP contribution < -0.4 is 10.6 Å². The summed E-state index contributed by atoms with van der Waals surface area (Å²) in [5, 5.41) is 19.1. The summed E-state index contributed by atoms with van der Waals surface area (Å²) in [6, 6.07) is 7.84. The topological polar surface area (TPSA) is 93.0 Å². The monoisotopic (exact) mass is 393 g/mol. The van der Waals surface area contributed by atoms with Gasteiger partial charge in [0.1, 0.15) is 12.1 Å². The van der Waals surface area contributed by atoms with Crippen molar-refractivity contribution < 1.29 is 9.31 Å². The van der Waals surface area contributed by atoms with E-state index in [0.29, 0.717) is 12.2 Å². The van der Waals surface area contributed by atoms with E-state index in [2.05, 4.69) is 20.6 Å². The molecule has 134 valence electrons. The van der Waals surface area contributed by atoms with E-state index >= 15 is 0 Å². The second-order valence-electron chi connectivity index (χ2n) is 5.19. The van der Waals surface area contributed by atoms with E-state index in [1.165, 1.54) is 18.5 Å². The Hall–Kier alpha value is -2.78. The maximum absolute atomic E-state index is 13.3. The van der Waals surface area contributed by atoms with Crippen LogP contribution in [0.3, 0.4) is 0 Å². The summed E-state index contributed by atoms with van der Waals surface area (Å²) in [5.74, 6) is -0.478. The lowest BCUT2D eigenvalue weighted by molar-refractivity contribution is -0.383. The molecule has 0 saturated heterocycles. The molecule has 0 spiro atoms. The van der Waals surface area contributed by atoms with Gasteiger partial charge in [-0.3, -0.25) is 10.1 Å². The molecular weight excluding hydrogens is 381 g/mol. The van der Waals surface area contributed by atoms with E-state index < -0.39 is 10.7 Å². The van der Waals surface area contributed by atoms with Crippen LogP contribution in [0.25, 0.3) is 0 Å². The van der Waals surface area contributed by atoms with Crippen LogP contribution >= 0.6 is 22.9 Å². The Morgan fingerprint density at radius 1 is 1.27 bits per heavy atom. The minimum Gasteiger partial charge on any atom is -0.364 e. The number of aromatic nitrogens is 2. The van der Waals surface area contributed by atoms with Crippen molar-refractivity contribution >= 4 is 45.9 Å². The van der Waals surface area contributed by atoms with Crippen LogP contribution in [0.4, 0.5) is 27.4 Å². The molecule has 10 heteroatoms. The number of nitrogens with zero attached hydrogens (tertiary/aromatic N) is 3. The third-order valence-electron chi connectivity index (χ3n) is 3.43. The lowest BCUT2D eigenvalue weighted by Gasteiger charge is -2.10. The number of halogens is 2. The van der Waals surface area contributed by atoms with Gasteiger partial charge in [0.25, 0.3) is 0 Å². The number of nitro groups is 1. The molecule has 7 nitrogen and oxygen atoms in total. The summed E-state index contributed by atoms with van der Waals surface area (Å²) in [5.41, 5.74) is 0.0851. The first-order valence-electron chi connectivity index (χ1n) is 7.52. The highest BCUT2D eigenvalue weighted by atomic mass is 35.5. The predicted octanol–water partition coefficient (Wildman–Crippen LogP) is 4.64.